The monoisotopic (exact) mass is 360 g/mol. The summed E-state index contributed by atoms with van der Waals surface area (Å²) in [6.07, 6.45) is 0. The van der Waals surface area contributed by atoms with Gasteiger partial charge in [-0.05, 0) is 17.5 Å². The molecule has 5 nitrogen and oxygen atoms in total. The lowest BCUT2D eigenvalue weighted by Gasteiger charge is -2.19. The van der Waals surface area contributed by atoms with Crippen LogP contribution in [0.15, 0.2) is 66.7 Å². The maximum Gasteiger partial charge on any atom is 0.254 e. The van der Waals surface area contributed by atoms with Gasteiger partial charge in [-0.15, -0.1) is 0 Å². The number of amides is 2. The molecule has 0 aromatic heterocycles. The van der Waals surface area contributed by atoms with Crippen molar-refractivity contribution in [1.82, 2.24) is 5.32 Å². The van der Waals surface area contributed by atoms with E-state index in [0.717, 1.165) is 27.8 Å². The van der Waals surface area contributed by atoms with Crippen molar-refractivity contribution in [1.29, 1.82) is 0 Å². The molecule has 0 fully saturated rings. The van der Waals surface area contributed by atoms with Gasteiger partial charge in [-0.1, -0.05) is 54.6 Å². The van der Waals surface area contributed by atoms with Gasteiger partial charge in [0.05, 0.1) is 6.54 Å². The summed E-state index contributed by atoms with van der Waals surface area (Å²) in [5, 5.41) is 4.90. The van der Waals surface area contributed by atoms with Crippen molar-refractivity contribution in [2.24, 2.45) is 0 Å². The Hall–Kier alpha value is -3.34. The van der Waals surface area contributed by atoms with Crippen LogP contribution in [0.4, 0.5) is 5.69 Å². The molecule has 136 valence electrons. The number of hydrogen-bond acceptors (Lipinski definition) is 3. The molecule has 4 rings (SSSR count). The molecule has 1 aliphatic rings. The number of benzene rings is 3. The third-order valence-corrected chi connectivity index (χ3v) is 4.72. The fourth-order valence-corrected chi connectivity index (χ4v) is 3.53. The summed E-state index contributed by atoms with van der Waals surface area (Å²) in [7, 11) is 0. The Bertz CT molecular complexity index is 1010. The number of nitrogens with one attached hydrogen (secondary N) is 1. The second-order valence-corrected chi connectivity index (χ2v) is 6.51. The predicted molar refractivity (Wildman–Crippen MR) is 105 cm³/mol. The van der Waals surface area contributed by atoms with E-state index in [1.165, 1.54) is 6.92 Å². The zero-order valence-corrected chi connectivity index (χ0v) is 15.0. The average molecular weight is 360 g/mol. The Labute approximate surface area is 157 Å². The predicted octanol–water partition coefficient (Wildman–Crippen LogP) is 3.44. The number of rotatable bonds is 5. The highest BCUT2D eigenvalue weighted by Gasteiger charge is 2.37. The molecule has 2 amide bonds. The number of para-hydroxylation sites is 1. The molecule has 0 aliphatic carbocycles. The molecule has 1 atom stereocenters. The number of ether oxygens (including phenoxy) is 1. The van der Waals surface area contributed by atoms with Crippen molar-refractivity contribution in [3.63, 3.8) is 0 Å². The molecule has 0 bridgehead atoms. The summed E-state index contributed by atoms with van der Waals surface area (Å²) in [6, 6.07) is 20.9. The van der Waals surface area contributed by atoms with E-state index in [-0.39, 0.29) is 11.8 Å². The summed E-state index contributed by atoms with van der Waals surface area (Å²) in [5.41, 5.74) is 1.64. The highest BCUT2D eigenvalue weighted by molar-refractivity contribution is 6.06. The van der Waals surface area contributed by atoms with Crippen molar-refractivity contribution in [3.8, 4) is 5.75 Å². The fourth-order valence-electron chi connectivity index (χ4n) is 3.53. The van der Waals surface area contributed by atoms with Crippen molar-refractivity contribution >= 4 is 28.3 Å². The second kappa shape index (κ2) is 7.11. The lowest BCUT2D eigenvalue weighted by Crippen LogP contribution is -2.38. The molecule has 1 aliphatic heterocycles. The minimum absolute atomic E-state index is 0.132. The summed E-state index contributed by atoms with van der Waals surface area (Å²) in [5.74, 6) is 0.441. The van der Waals surface area contributed by atoms with Crippen molar-refractivity contribution in [2.75, 3.05) is 18.1 Å². The third kappa shape index (κ3) is 3.24. The van der Waals surface area contributed by atoms with Gasteiger partial charge in [0, 0.05) is 23.6 Å². The largest absolute Gasteiger partial charge is 0.491 e. The number of carbonyl (C=O) groups is 2. The molecular weight excluding hydrogens is 340 g/mol. The molecule has 3 aromatic rings. The van der Waals surface area contributed by atoms with Gasteiger partial charge in [0.2, 0.25) is 5.91 Å². The molecule has 3 aromatic carbocycles. The van der Waals surface area contributed by atoms with Crippen molar-refractivity contribution in [3.05, 3.63) is 72.3 Å². The van der Waals surface area contributed by atoms with Crippen LogP contribution in [0.2, 0.25) is 0 Å². The minimum atomic E-state index is -0.628. The summed E-state index contributed by atoms with van der Waals surface area (Å²) in [6.45, 7) is 2.19. The summed E-state index contributed by atoms with van der Waals surface area (Å²) in [4.78, 5) is 26.0. The maximum absolute atomic E-state index is 12.8. The number of anilines is 1. The standard InChI is InChI=1S/C22H20N2O3/c1-15(25)23-21-18-10-4-5-11-19(18)24(22(21)26)13-14-27-20-12-6-8-16-7-2-3-9-17(16)20/h2-12,21H,13-14H2,1H3,(H,23,25). The quantitative estimate of drug-likeness (QED) is 0.758. The van der Waals surface area contributed by atoms with Crippen LogP contribution in [-0.2, 0) is 9.59 Å². The van der Waals surface area contributed by atoms with Crippen LogP contribution in [0.1, 0.15) is 18.5 Å². The minimum Gasteiger partial charge on any atom is -0.491 e. The smallest absolute Gasteiger partial charge is 0.254 e. The topological polar surface area (TPSA) is 58.6 Å². The lowest BCUT2D eigenvalue weighted by atomic mass is 10.1. The van der Waals surface area contributed by atoms with Crippen LogP contribution in [0.3, 0.4) is 0 Å². The van der Waals surface area contributed by atoms with Crippen LogP contribution < -0.4 is 15.0 Å². The van der Waals surface area contributed by atoms with Gasteiger partial charge >= 0.3 is 0 Å². The van der Waals surface area contributed by atoms with Gasteiger partial charge in [0.25, 0.3) is 5.91 Å². The Kier molecular flexibility index (Phi) is 4.50. The van der Waals surface area contributed by atoms with Crippen molar-refractivity contribution < 1.29 is 14.3 Å². The Morgan fingerprint density at radius 3 is 2.63 bits per heavy atom. The highest BCUT2D eigenvalue weighted by Crippen LogP contribution is 2.35. The first-order valence-electron chi connectivity index (χ1n) is 8.93. The fraction of sp³-hybridized carbons (Fsp3) is 0.182. The summed E-state index contributed by atoms with van der Waals surface area (Å²) < 4.78 is 5.98. The number of carbonyl (C=O) groups excluding carboxylic acids is 2. The Balaban J connectivity index is 1.51. The zero-order chi connectivity index (χ0) is 18.8. The van der Waals surface area contributed by atoms with E-state index >= 15 is 0 Å². The molecule has 0 radical (unpaired) electrons. The van der Waals surface area contributed by atoms with Crippen LogP contribution >= 0.6 is 0 Å². The van der Waals surface area contributed by atoms with Crippen LogP contribution in [0.25, 0.3) is 10.8 Å². The third-order valence-electron chi connectivity index (χ3n) is 4.72. The molecule has 0 saturated heterocycles. The van der Waals surface area contributed by atoms with E-state index in [1.54, 1.807) is 4.90 Å². The number of hydrogen-bond donors (Lipinski definition) is 1. The van der Waals surface area contributed by atoms with Gasteiger partial charge in [0.15, 0.2) is 0 Å². The second-order valence-electron chi connectivity index (χ2n) is 6.51. The molecule has 1 heterocycles. The SMILES string of the molecule is CC(=O)NC1C(=O)N(CCOc2cccc3ccccc23)c2ccccc21. The Morgan fingerprint density at radius 2 is 1.78 bits per heavy atom. The van der Waals surface area contributed by atoms with E-state index < -0.39 is 6.04 Å². The summed E-state index contributed by atoms with van der Waals surface area (Å²) >= 11 is 0. The van der Waals surface area contributed by atoms with Gasteiger partial charge in [-0.2, -0.15) is 0 Å². The van der Waals surface area contributed by atoms with Gasteiger partial charge in [0.1, 0.15) is 18.4 Å². The van der Waals surface area contributed by atoms with Crippen molar-refractivity contribution in [2.45, 2.75) is 13.0 Å². The lowest BCUT2D eigenvalue weighted by molar-refractivity contribution is -0.126. The van der Waals surface area contributed by atoms with Gasteiger partial charge < -0.3 is 15.0 Å². The molecular formula is C22H20N2O3. The molecule has 0 saturated carbocycles. The first-order chi connectivity index (χ1) is 13.1. The highest BCUT2D eigenvalue weighted by atomic mass is 16.5. The molecule has 1 N–H and O–H groups in total. The number of nitrogens with zero attached hydrogens (tertiary/aromatic N) is 1. The Morgan fingerprint density at radius 1 is 1.04 bits per heavy atom. The first kappa shape index (κ1) is 17.1. The molecule has 1 unspecified atom stereocenters. The van der Waals surface area contributed by atoms with Gasteiger partial charge in [-0.3, -0.25) is 9.59 Å². The average Bonchev–Trinajstić information content (AvgIpc) is 2.94. The van der Waals surface area contributed by atoms with Crippen LogP contribution in [-0.4, -0.2) is 25.0 Å². The van der Waals surface area contributed by atoms with E-state index in [9.17, 15) is 9.59 Å². The van der Waals surface area contributed by atoms with E-state index in [0.29, 0.717) is 13.2 Å². The zero-order valence-electron chi connectivity index (χ0n) is 15.0. The first-order valence-corrected chi connectivity index (χ1v) is 8.93. The van der Waals surface area contributed by atoms with E-state index in [4.69, 9.17) is 4.74 Å². The molecule has 27 heavy (non-hydrogen) atoms. The maximum atomic E-state index is 12.8. The normalized spacial score (nSPS) is 15.7. The van der Waals surface area contributed by atoms with Crippen LogP contribution in [0, 0.1) is 0 Å². The van der Waals surface area contributed by atoms with Gasteiger partial charge in [-0.25, -0.2) is 0 Å². The van der Waals surface area contributed by atoms with E-state index in [1.807, 2.05) is 66.7 Å². The van der Waals surface area contributed by atoms with E-state index in [2.05, 4.69) is 5.32 Å². The van der Waals surface area contributed by atoms with Crippen LogP contribution in [0.5, 0.6) is 5.75 Å². The molecule has 5 heteroatoms. The molecule has 0 spiro atoms. The number of fused-ring (bicyclic) bond motifs is 2.